The highest BCUT2D eigenvalue weighted by molar-refractivity contribution is 5.36. The normalized spacial score (nSPS) is 30.1. The zero-order chi connectivity index (χ0) is 14.7. The number of nitrogens with one attached hydrogen (secondary N) is 1. The molecule has 4 atom stereocenters. The summed E-state index contributed by atoms with van der Waals surface area (Å²) in [5, 5.41) is 3.88. The maximum Gasteiger partial charge on any atom is 0.0164 e. The van der Waals surface area contributed by atoms with Crippen LogP contribution in [0.15, 0.2) is 24.3 Å². The first-order valence-corrected chi connectivity index (χ1v) is 9.14. The summed E-state index contributed by atoms with van der Waals surface area (Å²) in [5.41, 5.74) is 3.25. The molecule has 116 valence electrons. The molecule has 21 heavy (non-hydrogen) atoms. The van der Waals surface area contributed by atoms with E-state index in [1.54, 1.807) is 11.1 Å². The van der Waals surface area contributed by atoms with Gasteiger partial charge in [0.05, 0.1) is 0 Å². The lowest BCUT2D eigenvalue weighted by Gasteiger charge is -2.38. The highest BCUT2D eigenvalue weighted by Gasteiger charge is 2.36. The smallest absolute Gasteiger partial charge is 0.0164 e. The van der Waals surface area contributed by atoms with Gasteiger partial charge in [-0.25, -0.2) is 0 Å². The van der Waals surface area contributed by atoms with Gasteiger partial charge in [0.15, 0.2) is 0 Å². The minimum absolute atomic E-state index is 0.702. The van der Waals surface area contributed by atoms with Crippen LogP contribution in [0.5, 0.6) is 0 Å². The van der Waals surface area contributed by atoms with Crippen LogP contribution in [0.2, 0.25) is 0 Å². The van der Waals surface area contributed by atoms with E-state index in [-0.39, 0.29) is 0 Å². The molecular weight excluding hydrogens is 254 g/mol. The number of likely N-dealkylation sites (N-methyl/N-ethyl adjacent to an activating group) is 1. The Hall–Kier alpha value is -0.820. The predicted octanol–water partition coefficient (Wildman–Crippen LogP) is 4.91. The predicted molar refractivity (Wildman–Crippen MR) is 90.7 cm³/mol. The highest BCUT2D eigenvalue weighted by Crippen LogP contribution is 2.42. The van der Waals surface area contributed by atoms with Gasteiger partial charge >= 0.3 is 0 Å². The summed E-state index contributed by atoms with van der Waals surface area (Å²) in [6, 6.07) is 9.87. The highest BCUT2D eigenvalue weighted by atomic mass is 14.9. The van der Waals surface area contributed by atoms with Crippen molar-refractivity contribution in [3.8, 4) is 0 Å². The van der Waals surface area contributed by atoms with E-state index in [1.165, 1.54) is 44.9 Å². The Bertz CT molecular complexity index is 453. The third kappa shape index (κ3) is 3.18. The molecule has 2 aliphatic carbocycles. The molecule has 1 aromatic carbocycles. The molecule has 0 amide bonds. The lowest BCUT2D eigenvalue weighted by molar-refractivity contribution is 0.191. The summed E-state index contributed by atoms with van der Waals surface area (Å²) in [6.07, 6.45) is 9.81. The lowest BCUT2D eigenvalue weighted by Crippen LogP contribution is -2.42. The molecule has 1 saturated carbocycles. The molecule has 1 N–H and O–H groups in total. The Morgan fingerprint density at radius 1 is 1.14 bits per heavy atom. The average molecular weight is 285 g/mol. The topological polar surface area (TPSA) is 12.0 Å². The summed E-state index contributed by atoms with van der Waals surface area (Å²) in [4.78, 5) is 0. The Kier molecular flexibility index (Phi) is 5.00. The lowest BCUT2D eigenvalue weighted by atomic mass is 9.72. The van der Waals surface area contributed by atoms with Gasteiger partial charge in [0.25, 0.3) is 0 Å². The minimum Gasteiger partial charge on any atom is -0.313 e. The molecule has 0 aliphatic heterocycles. The average Bonchev–Trinajstić information content (AvgIpc) is 2.96. The Morgan fingerprint density at radius 3 is 2.81 bits per heavy atom. The molecule has 0 aromatic heterocycles. The van der Waals surface area contributed by atoms with E-state index in [9.17, 15) is 0 Å². The largest absolute Gasteiger partial charge is 0.313 e. The van der Waals surface area contributed by atoms with Crippen LogP contribution in [-0.2, 0) is 6.42 Å². The molecule has 2 aliphatic rings. The zero-order valence-corrected chi connectivity index (χ0v) is 13.8. The van der Waals surface area contributed by atoms with Gasteiger partial charge in [-0.3, -0.25) is 0 Å². The summed E-state index contributed by atoms with van der Waals surface area (Å²) in [7, 11) is 0. The quantitative estimate of drug-likeness (QED) is 0.810. The van der Waals surface area contributed by atoms with Crippen LogP contribution in [0.1, 0.15) is 69.4 Å². The van der Waals surface area contributed by atoms with Crippen molar-refractivity contribution in [3.05, 3.63) is 35.4 Å². The van der Waals surface area contributed by atoms with Gasteiger partial charge in [-0.15, -0.1) is 0 Å². The maximum absolute atomic E-state index is 3.88. The number of fused-ring (bicyclic) bond motifs is 1. The first-order valence-electron chi connectivity index (χ1n) is 9.14. The monoisotopic (exact) mass is 285 g/mol. The van der Waals surface area contributed by atoms with Crippen molar-refractivity contribution in [2.24, 2.45) is 11.8 Å². The standard InChI is InChI=1S/C20H31N/c1-3-15-8-7-10-17(14-15)20(21-4-2)19-13-12-16-9-5-6-11-18(16)19/h5-6,9,11,15,17,19-21H,3-4,7-8,10,12-14H2,1-2H3. The van der Waals surface area contributed by atoms with Crippen LogP contribution in [-0.4, -0.2) is 12.6 Å². The molecule has 0 heterocycles. The van der Waals surface area contributed by atoms with Crippen molar-refractivity contribution in [3.63, 3.8) is 0 Å². The molecule has 1 aromatic rings. The molecule has 0 bridgehead atoms. The molecule has 1 heteroatoms. The number of hydrogen-bond donors (Lipinski definition) is 1. The maximum atomic E-state index is 3.88. The van der Waals surface area contributed by atoms with Crippen LogP contribution in [0.3, 0.4) is 0 Å². The Balaban J connectivity index is 1.79. The fourth-order valence-corrected chi connectivity index (χ4v) is 4.87. The van der Waals surface area contributed by atoms with Crippen molar-refractivity contribution >= 4 is 0 Å². The molecule has 3 rings (SSSR count). The van der Waals surface area contributed by atoms with Gasteiger partial charge in [-0.1, -0.05) is 57.4 Å². The van der Waals surface area contributed by atoms with Crippen molar-refractivity contribution in [1.82, 2.24) is 5.32 Å². The van der Waals surface area contributed by atoms with Crippen molar-refractivity contribution in [2.45, 2.75) is 70.8 Å². The van der Waals surface area contributed by atoms with Gasteiger partial charge in [0.1, 0.15) is 0 Å². The van der Waals surface area contributed by atoms with E-state index in [0.29, 0.717) is 6.04 Å². The van der Waals surface area contributed by atoms with E-state index in [2.05, 4.69) is 43.4 Å². The van der Waals surface area contributed by atoms with Gasteiger partial charge in [0.2, 0.25) is 0 Å². The first-order chi connectivity index (χ1) is 10.3. The summed E-state index contributed by atoms with van der Waals surface area (Å²) < 4.78 is 0. The van der Waals surface area contributed by atoms with Crippen molar-refractivity contribution < 1.29 is 0 Å². The molecule has 1 fully saturated rings. The minimum atomic E-state index is 0.702. The summed E-state index contributed by atoms with van der Waals surface area (Å²) in [6.45, 7) is 5.75. The molecule has 1 nitrogen and oxygen atoms in total. The van der Waals surface area contributed by atoms with E-state index >= 15 is 0 Å². The molecule has 0 spiro atoms. The van der Waals surface area contributed by atoms with Gasteiger partial charge in [-0.2, -0.15) is 0 Å². The fourth-order valence-electron chi connectivity index (χ4n) is 4.87. The van der Waals surface area contributed by atoms with E-state index in [4.69, 9.17) is 0 Å². The number of hydrogen-bond acceptors (Lipinski definition) is 1. The molecule has 0 saturated heterocycles. The third-order valence-electron chi connectivity index (χ3n) is 5.96. The number of aryl methyl sites for hydroxylation is 1. The molecular formula is C20H31N. The van der Waals surface area contributed by atoms with Gasteiger partial charge in [-0.05, 0) is 55.2 Å². The number of benzene rings is 1. The van der Waals surface area contributed by atoms with Gasteiger partial charge in [0, 0.05) is 12.0 Å². The second-order valence-corrected chi connectivity index (χ2v) is 7.13. The Morgan fingerprint density at radius 2 is 2.00 bits per heavy atom. The van der Waals surface area contributed by atoms with Crippen LogP contribution >= 0.6 is 0 Å². The van der Waals surface area contributed by atoms with E-state index in [1.807, 2.05) is 0 Å². The fraction of sp³-hybridized carbons (Fsp3) is 0.700. The van der Waals surface area contributed by atoms with Crippen LogP contribution < -0.4 is 5.32 Å². The second-order valence-electron chi connectivity index (χ2n) is 7.13. The van der Waals surface area contributed by atoms with E-state index < -0.39 is 0 Å². The first kappa shape index (κ1) is 15.1. The Labute approximate surface area is 130 Å². The van der Waals surface area contributed by atoms with Gasteiger partial charge < -0.3 is 5.32 Å². The van der Waals surface area contributed by atoms with E-state index in [0.717, 1.165) is 24.3 Å². The SMILES string of the molecule is CCNC(C1CCCC(CC)C1)C1CCc2ccccc21. The molecule has 4 unspecified atom stereocenters. The second kappa shape index (κ2) is 6.96. The summed E-state index contributed by atoms with van der Waals surface area (Å²) in [5.74, 6) is 2.61. The van der Waals surface area contributed by atoms with Crippen LogP contribution in [0.25, 0.3) is 0 Å². The van der Waals surface area contributed by atoms with Crippen LogP contribution in [0.4, 0.5) is 0 Å². The van der Waals surface area contributed by atoms with Crippen molar-refractivity contribution in [1.29, 1.82) is 0 Å². The summed E-state index contributed by atoms with van der Waals surface area (Å²) >= 11 is 0. The number of rotatable bonds is 5. The van der Waals surface area contributed by atoms with Crippen LogP contribution in [0, 0.1) is 11.8 Å². The third-order valence-corrected chi connectivity index (χ3v) is 5.96. The molecule has 0 radical (unpaired) electrons. The zero-order valence-electron chi connectivity index (χ0n) is 13.8. The van der Waals surface area contributed by atoms with Crippen molar-refractivity contribution in [2.75, 3.05) is 6.54 Å².